The molecule has 0 fully saturated rings. The van der Waals surface area contributed by atoms with Crippen LogP contribution in [-0.4, -0.2) is 47.1 Å². The molecule has 36 heavy (non-hydrogen) atoms. The minimum atomic E-state index is -4.88. The van der Waals surface area contributed by atoms with Gasteiger partial charge in [0, 0.05) is 25.9 Å². The van der Waals surface area contributed by atoms with E-state index in [1.807, 2.05) is 0 Å². The number of nitrogens with zero attached hydrogens (tertiary/aromatic N) is 3. The fraction of sp³-hybridized carbons (Fsp3) is 0.167. The van der Waals surface area contributed by atoms with Gasteiger partial charge in [0.1, 0.15) is 11.3 Å². The van der Waals surface area contributed by atoms with E-state index in [4.69, 9.17) is 6.11 Å². The topological polar surface area (TPSA) is 107 Å². The van der Waals surface area contributed by atoms with Crippen LogP contribution in [0.4, 0.5) is 13.2 Å². The number of alkyl halides is 3. The molecule has 2 aromatic heterocycles. The summed E-state index contributed by atoms with van der Waals surface area (Å²) in [6.45, 7) is -0.263. The largest absolute Gasteiger partial charge is 0.573 e. The van der Waals surface area contributed by atoms with Gasteiger partial charge in [0.25, 0.3) is 11.8 Å². The van der Waals surface area contributed by atoms with Gasteiger partial charge in [-0.1, -0.05) is 36.4 Å². The van der Waals surface area contributed by atoms with Crippen molar-refractivity contribution in [1.82, 2.24) is 25.4 Å². The molecule has 0 aliphatic carbocycles. The molecule has 0 unspecified atom stereocenters. The lowest BCUT2D eigenvalue weighted by Gasteiger charge is -2.14. The summed E-state index contributed by atoms with van der Waals surface area (Å²) in [7, 11) is 0.990. The van der Waals surface area contributed by atoms with Crippen LogP contribution in [0.3, 0.4) is 0 Å². The van der Waals surface area contributed by atoms with E-state index in [2.05, 4.69) is 25.5 Å². The lowest BCUT2D eigenvalue weighted by Crippen LogP contribution is -2.25. The fourth-order valence-corrected chi connectivity index (χ4v) is 3.54. The van der Waals surface area contributed by atoms with Crippen molar-refractivity contribution in [1.29, 1.82) is 0 Å². The Hall–Kier alpha value is -4.61. The Bertz CT molecular complexity index is 1460. The molecule has 2 N–H and O–H groups in total. The summed E-state index contributed by atoms with van der Waals surface area (Å²) in [5.41, 5.74) is 1.07. The smallest absolute Gasteiger partial charge is 0.480 e. The molecular formula is C24H20F3N5O4. The number of ether oxygens (including phenoxy) is 2. The molecule has 9 nitrogen and oxygen atoms in total. The van der Waals surface area contributed by atoms with Crippen molar-refractivity contribution in [2.75, 3.05) is 14.1 Å². The van der Waals surface area contributed by atoms with Crippen molar-refractivity contribution < 1.29 is 33.6 Å². The number of carbonyl (C=O) groups excluding carboxylic acids is 2. The predicted molar refractivity (Wildman–Crippen MR) is 123 cm³/mol. The molecule has 4 rings (SSSR count). The number of methoxy groups -OCH3 is 1. The van der Waals surface area contributed by atoms with Crippen LogP contribution in [0.2, 0.25) is 0 Å². The first-order valence-electron chi connectivity index (χ1n) is 11.1. The number of fused-ring (bicyclic) bond motifs is 1. The number of nitrogens with one attached hydrogen (secondary N) is 2. The third-order valence-electron chi connectivity index (χ3n) is 5.12. The van der Waals surface area contributed by atoms with E-state index in [9.17, 15) is 22.8 Å². The fourth-order valence-electron chi connectivity index (χ4n) is 3.54. The SMILES string of the molecule is [2H]CNC(=O)c1nn(-c2cnc(OC)c(C(=O)NCc3ccccc3OC(F)(F)F)c2)c2ccccc12. The maximum Gasteiger partial charge on any atom is 0.573 e. The number of benzene rings is 2. The molecule has 0 aliphatic rings. The molecular weight excluding hydrogens is 479 g/mol. The van der Waals surface area contributed by atoms with E-state index < -0.39 is 23.9 Å². The average Bonchev–Trinajstić information content (AvgIpc) is 3.27. The van der Waals surface area contributed by atoms with E-state index in [0.29, 0.717) is 16.6 Å². The number of rotatable bonds is 7. The Labute approximate surface area is 204 Å². The number of amides is 2. The first kappa shape index (κ1) is 23.1. The van der Waals surface area contributed by atoms with Crippen molar-refractivity contribution in [3.8, 4) is 17.3 Å². The standard InChI is InChI=1S/C24H20F3N5O4/c1-28-22(34)20-16-8-4-5-9-18(16)32(31-20)15-11-17(23(35-2)30-13-15)21(33)29-12-14-7-3-6-10-19(14)36-24(25,26)27/h3-11,13H,12H2,1-2H3,(H,28,34)(H,29,33)/i1D. The van der Waals surface area contributed by atoms with Crippen LogP contribution in [0.5, 0.6) is 11.6 Å². The van der Waals surface area contributed by atoms with Crippen LogP contribution in [0.1, 0.15) is 27.8 Å². The number of hydrogen-bond acceptors (Lipinski definition) is 6. The number of para-hydroxylation sites is 2. The highest BCUT2D eigenvalue weighted by Gasteiger charge is 2.32. The summed E-state index contributed by atoms with van der Waals surface area (Å²) >= 11 is 0. The lowest BCUT2D eigenvalue weighted by atomic mass is 10.1. The van der Waals surface area contributed by atoms with Crippen molar-refractivity contribution in [2.24, 2.45) is 0 Å². The molecule has 2 aromatic carbocycles. The van der Waals surface area contributed by atoms with Crippen molar-refractivity contribution in [3.63, 3.8) is 0 Å². The molecule has 0 bridgehead atoms. The third kappa shape index (κ3) is 5.06. The van der Waals surface area contributed by atoms with Gasteiger partial charge in [0.15, 0.2) is 5.69 Å². The van der Waals surface area contributed by atoms with Gasteiger partial charge in [-0.25, -0.2) is 9.67 Å². The number of carbonyl (C=O) groups is 2. The van der Waals surface area contributed by atoms with Crippen LogP contribution in [0.25, 0.3) is 16.6 Å². The minimum absolute atomic E-state index is 0.00837. The summed E-state index contributed by atoms with van der Waals surface area (Å²) in [6, 6.07) is 13.8. The van der Waals surface area contributed by atoms with E-state index in [-0.39, 0.29) is 36.3 Å². The molecule has 0 saturated heterocycles. The van der Waals surface area contributed by atoms with Crippen LogP contribution in [0.15, 0.2) is 60.8 Å². The van der Waals surface area contributed by atoms with Gasteiger partial charge >= 0.3 is 6.36 Å². The Kier molecular flexibility index (Phi) is 6.39. The highest BCUT2D eigenvalue weighted by molar-refractivity contribution is 6.05. The van der Waals surface area contributed by atoms with Crippen molar-refractivity contribution in [3.05, 3.63) is 77.6 Å². The van der Waals surface area contributed by atoms with Gasteiger partial charge in [0.2, 0.25) is 5.88 Å². The lowest BCUT2D eigenvalue weighted by molar-refractivity contribution is -0.274. The number of pyridine rings is 1. The third-order valence-corrected chi connectivity index (χ3v) is 5.12. The molecule has 0 radical (unpaired) electrons. The van der Waals surface area contributed by atoms with Crippen LogP contribution in [0, 0.1) is 0 Å². The van der Waals surface area contributed by atoms with Gasteiger partial charge in [-0.2, -0.15) is 5.10 Å². The molecule has 0 aliphatic heterocycles. The Morgan fingerprint density at radius 2 is 1.86 bits per heavy atom. The number of hydrogen-bond donors (Lipinski definition) is 2. The van der Waals surface area contributed by atoms with E-state index in [1.54, 1.807) is 24.3 Å². The van der Waals surface area contributed by atoms with E-state index in [1.165, 1.54) is 42.3 Å². The molecule has 0 saturated carbocycles. The zero-order chi connectivity index (χ0) is 26.6. The summed E-state index contributed by atoms with van der Waals surface area (Å²) in [5.74, 6) is -1.67. The highest BCUT2D eigenvalue weighted by Crippen LogP contribution is 2.27. The maximum atomic E-state index is 13.0. The van der Waals surface area contributed by atoms with Crippen LogP contribution < -0.4 is 20.1 Å². The minimum Gasteiger partial charge on any atom is -0.480 e. The molecule has 2 amide bonds. The van der Waals surface area contributed by atoms with E-state index in [0.717, 1.165) is 6.07 Å². The monoisotopic (exact) mass is 500 g/mol. The summed E-state index contributed by atoms with van der Waals surface area (Å²) < 4.78 is 56.0. The number of halogens is 3. The molecule has 2 heterocycles. The zero-order valence-electron chi connectivity index (χ0n) is 19.8. The van der Waals surface area contributed by atoms with Gasteiger partial charge in [-0.05, 0) is 18.2 Å². The molecule has 0 spiro atoms. The zero-order valence-corrected chi connectivity index (χ0v) is 18.8. The average molecular weight is 500 g/mol. The first-order valence-corrected chi connectivity index (χ1v) is 10.4. The Balaban J connectivity index is 1.66. The molecule has 186 valence electrons. The second-order valence-corrected chi connectivity index (χ2v) is 7.37. The second kappa shape index (κ2) is 9.94. The number of aromatic nitrogens is 3. The van der Waals surface area contributed by atoms with Gasteiger partial charge in [-0.15, -0.1) is 13.2 Å². The molecule has 4 aromatic rings. The Morgan fingerprint density at radius 1 is 1.11 bits per heavy atom. The van der Waals surface area contributed by atoms with Crippen molar-refractivity contribution >= 4 is 22.7 Å². The molecule has 12 heteroatoms. The van der Waals surface area contributed by atoms with Gasteiger partial charge < -0.3 is 20.1 Å². The quantitative estimate of drug-likeness (QED) is 0.402. The van der Waals surface area contributed by atoms with Gasteiger partial charge in [0.05, 0.1) is 24.5 Å². The second-order valence-electron chi connectivity index (χ2n) is 7.37. The summed E-state index contributed by atoms with van der Waals surface area (Å²) in [5, 5.41) is 9.82. The van der Waals surface area contributed by atoms with E-state index >= 15 is 0 Å². The normalized spacial score (nSPS) is 11.6. The Morgan fingerprint density at radius 3 is 2.61 bits per heavy atom. The van der Waals surface area contributed by atoms with Gasteiger partial charge in [-0.3, -0.25) is 9.59 Å². The van der Waals surface area contributed by atoms with Crippen molar-refractivity contribution in [2.45, 2.75) is 12.9 Å². The summed E-state index contributed by atoms with van der Waals surface area (Å²) in [4.78, 5) is 29.6. The maximum absolute atomic E-state index is 13.0. The predicted octanol–water partition coefficient (Wildman–Crippen LogP) is 3.62. The highest BCUT2D eigenvalue weighted by atomic mass is 19.4. The van der Waals surface area contributed by atoms with Crippen LogP contribution in [-0.2, 0) is 6.54 Å². The first-order chi connectivity index (χ1) is 17.7. The summed E-state index contributed by atoms with van der Waals surface area (Å²) in [6.07, 6.45) is -3.49. The van der Waals surface area contributed by atoms with Crippen LogP contribution >= 0.6 is 0 Å². The molecule has 0 atom stereocenters.